The summed E-state index contributed by atoms with van der Waals surface area (Å²) < 4.78 is 27.9. The van der Waals surface area contributed by atoms with E-state index in [2.05, 4.69) is 9.82 Å². The second-order valence-electron chi connectivity index (χ2n) is 4.16. The summed E-state index contributed by atoms with van der Waals surface area (Å²) in [7, 11) is -3.33. The molecule has 0 unspecified atom stereocenters. The minimum atomic E-state index is -3.33. The lowest BCUT2D eigenvalue weighted by Gasteiger charge is -2.07. The van der Waals surface area contributed by atoms with Gasteiger partial charge in [0.15, 0.2) is 0 Å². The first kappa shape index (κ1) is 13.6. The molecule has 0 bridgehead atoms. The molecule has 2 rings (SSSR count). The minimum Gasteiger partial charge on any atom is -0.399 e. The molecule has 6 nitrogen and oxygen atoms in total. The molecule has 0 saturated heterocycles. The van der Waals surface area contributed by atoms with Crippen LogP contribution in [0.15, 0.2) is 42.7 Å². The molecule has 102 valence electrons. The summed E-state index contributed by atoms with van der Waals surface area (Å²) in [6, 6.07) is 8.59. The van der Waals surface area contributed by atoms with Crippen LogP contribution in [0.4, 0.5) is 5.69 Å². The Morgan fingerprint density at radius 3 is 2.63 bits per heavy atom. The molecule has 0 radical (unpaired) electrons. The van der Waals surface area contributed by atoms with Gasteiger partial charge in [-0.3, -0.25) is 4.68 Å². The lowest BCUT2D eigenvalue weighted by Crippen LogP contribution is -2.28. The van der Waals surface area contributed by atoms with Crippen molar-refractivity contribution >= 4 is 15.7 Å². The fourth-order valence-corrected chi connectivity index (χ4v) is 2.77. The summed E-state index contributed by atoms with van der Waals surface area (Å²) >= 11 is 0. The second-order valence-corrected chi connectivity index (χ2v) is 5.97. The van der Waals surface area contributed by atoms with Crippen molar-refractivity contribution in [3.8, 4) is 0 Å². The number of nitrogen functional groups attached to an aromatic ring is 1. The highest BCUT2D eigenvalue weighted by Gasteiger charge is 2.10. The minimum absolute atomic E-state index is 0.0492. The van der Waals surface area contributed by atoms with Crippen LogP contribution < -0.4 is 10.5 Å². The van der Waals surface area contributed by atoms with Crippen molar-refractivity contribution in [1.82, 2.24) is 14.5 Å². The monoisotopic (exact) mass is 280 g/mol. The average Bonchev–Trinajstić information content (AvgIpc) is 2.85. The van der Waals surface area contributed by atoms with Crippen molar-refractivity contribution in [3.63, 3.8) is 0 Å². The van der Waals surface area contributed by atoms with Gasteiger partial charge in [0.1, 0.15) is 0 Å². The highest BCUT2D eigenvalue weighted by molar-refractivity contribution is 7.88. The van der Waals surface area contributed by atoms with Crippen molar-refractivity contribution in [2.45, 2.75) is 12.3 Å². The molecular formula is C12H16N4O2S. The van der Waals surface area contributed by atoms with E-state index in [-0.39, 0.29) is 5.75 Å². The third-order valence-electron chi connectivity index (χ3n) is 2.56. The molecule has 0 fully saturated rings. The van der Waals surface area contributed by atoms with Crippen molar-refractivity contribution in [2.75, 3.05) is 12.3 Å². The van der Waals surface area contributed by atoms with Crippen LogP contribution in [0.5, 0.6) is 0 Å². The quantitative estimate of drug-likeness (QED) is 0.758. The Morgan fingerprint density at radius 1 is 1.26 bits per heavy atom. The first-order chi connectivity index (χ1) is 9.05. The van der Waals surface area contributed by atoms with Gasteiger partial charge in [-0.05, 0) is 23.8 Å². The van der Waals surface area contributed by atoms with E-state index in [1.54, 1.807) is 47.4 Å². The van der Waals surface area contributed by atoms with Crippen molar-refractivity contribution in [2.24, 2.45) is 0 Å². The molecule has 0 aliphatic carbocycles. The molecule has 19 heavy (non-hydrogen) atoms. The third kappa shape index (κ3) is 4.38. The second kappa shape index (κ2) is 5.85. The lowest BCUT2D eigenvalue weighted by atomic mass is 10.2. The number of anilines is 1. The van der Waals surface area contributed by atoms with Gasteiger partial charge in [0.25, 0.3) is 0 Å². The van der Waals surface area contributed by atoms with Gasteiger partial charge in [0.05, 0.1) is 12.3 Å². The number of nitrogens with two attached hydrogens (primary N) is 1. The van der Waals surface area contributed by atoms with E-state index in [9.17, 15) is 8.42 Å². The van der Waals surface area contributed by atoms with Gasteiger partial charge >= 0.3 is 0 Å². The molecule has 1 heterocycles. The summed E-state index contributed by atoms with van der Waals surface area (Å²) in [4.78, 5) is 0. The van der Waals surface area contributed by atoms with E-state index in [0.717, 1.165) is 0 Å². The molecule has 7 heteroatoms. The van der Waals surface area contributed by atoms with E-state index >= 15 is 0 Å². The van der Waals surface area contributed by atoms with E-state index in [4.69, 9.17) is 5.73 Å². The van der Waals surface area contributed by atoms with Gasteiger partial charge in [0, 0.05) is 24.6 Å². The van der Waals surface area contributed by atoms with Crippen LogP contribution in [0, 0.1) is 0 Å². The Morgan fingerprint density at radius 2 is 2.00 bits per heavy atom. The Balaban J connectivity index is 1.86. The third-order valence-corrected chi connectivity index (χ3v) is 3.92. The number of nitrogens with zero attached hydrogens (tertiary/aromatic N) is 2. The van der Waals surface area contributed by atoms with Crippen molar-refractivity contribution in [1.29, 1.82) is 0 Å². The number of rotatable bonds is 6. The molecule has 0 aliphatic rings. The molecule has 0 aliphatic heterocycles. The highest BCUT2D eigenvalue weighted by Crippen LogP contribution is 2.08. The molecule has 0 atom stereocenters. The maximum Gasteiger partial charge on any atom is 0.215 e. The van der Waals surface area contributed by atoms with E-state index in [0.29, 0.717) is 24.3 Å². The highest BCUT2D eigenvalue weighted by atomic mass is 32.2. The predicted octanol–water partition coefficient (Wildman–Crippen LogP) is 0.585. The van der Waals surface area contributed by atoms with Crippen LogP contribution in [0.25, 0.3) is 0 Å². The number of aromatic nitrogens is 2. The van der Waals surface area contributed by atoms with Gasteiger partial charge in [-0.1, -0.05) is 12.1 Å². The van der Waals surface area contributed by atoms with E-state index < -0.39 is 10.0 Å². The van der Waals surface area contributed by atoms with Crippen molar-refractivity contribution in [3.05, 3.63) is 48.3 Å². The largest absolute Gasteiger partial charge is 0.399 e. The molecule has 0 saturated carbocycles. The molecule has 3 N–H and O–H groups in total. The summed E-state index contributed by atoms with van der Waals surface area (Å²) in [5, 5.41) is 4.00. The predicted molar refractivity (Wildman–Crippen MR) is 73.7 cm³/mol. The molecular weight excluding hydrogens is 264 g/mol. The van der Waals surface area contributed by atoms with Crippen LogP contribution in [-0.2, 0) is 22.3 Å². The first-order valence-corrected chi connectivity index (χ1v) is 7.49. The van der Waals surface area contributed by atoms with Gasteiger partial charge in [0.2, 0.25) is 10.0 Å². The fraction of sp³-hybridized carbons (Fsp3) is 0.250. The smallest absolute Gasteiger partial charge is 0.215 e. The van der Waals surface area contributed by atoms with Crippen LogP contribution in [0.3, 0.4) is 0 Å². The standard InChI is InChI=1S/C12H16N4O2S/c13-12-4-2-11(3-5-12)10-19(17,18)15-7-9-16-8-1-6-14-16/h1-6,8,15H,7,9-10,13H2. The topological polar surface area (TPSA) is 90.0 Å². The maximum atomic E-state index is 11.8. The number of hydrogen-bond acceptors (Lipinski definition) is 4. The van der Waals surface area contributed by atoms with Crippen LogP contribution in [0.2, 0.25) is 0 Å². The van der Waals surface area contributed by atoms with Gasteiger partial charge in [-0.15, -0.1) is 0 Å². The summed E-state index contributed by atoms with van der Waals surface area (Å²) in [6.07, 6.45) is 3.44. The van der Waals surface area contributed by atoms with Crippen LogP contribution in [-0.4, -0.2) is 24.7 Å². The summed E-state index contributed by atoms with van der Waals surface area (Å²) in [5.74, 6) is -0.0492. The Kier molecular flexibility index (Phi) is 4.18. The van der Waals surface area contributed by atoms with Gasteiger partial charge in [-0.25, -0.2) is 13.1 Å². The molecule has 2 aromatic rings. The molecule has 0 amide bonds. The fourth-order valence-electron chi connectivity index (χ4n) is 1.63. The first-order valence-electron chi connectivity index (χ1n) is 5.84. The number of sulfonamides is 1. The molecule has 0 spiro atoms. The zero-order valence-corrected chi connectivity index (χ0v) is 11.2. The Hall–Kier alpha value is -1.86. The van der Waals surface area contributed by atoms with Crippen LogP contribution in [0.1, 0.15) is 5.56 Å². The Labute approximate surface area is 112 Å². The normalized spacial score (nSPS) is 11.6. The molecule has 1 aromatic carbocycles. The molecule has 1 aromatic heterocycles. The summed E-state index contributed by atoms with van der Waals surface area (Å²) in [5.41, 5.74) is 6.88. The number of benzene rings is 1. The van der Waals surface area contributed by atoms with Gasteiger partial charge < -0.3 is 5.73 Å². The zero-order valence-electron chi connectivity index (χ0n) is 10.4. The summed E-state index contributed by atoms with van der Waals surface area (Å²) in [6.45, 7) is 0.826. The lowest BCUT2D eigenvalue weighted by molar-refractivity contribution is 0.560. The number of nitrogens with one attached hydrogen (secondary N) is 1. The maximum absolute atomic E-state index is 11.8. The zero-order chi connectivity index (χ0) is 13.7. The van der Waals surface area contributed by atoms with Crippen molar-refractivity contribution < 1.29 is 8.42 Å². The Bertz CT molecular complexity index is 606. The van der Waals surface area contributed by atoms with Gasteiger partial charge in [-0.2, -0.15) is 5.10 Å². The average molecular weight is 280 g/mol. The SMILES string of the molecule is Nc1ccc(CS(=O)(=O)NCCn2cccn2)cc1. The van der Waals surface area contributed by atoms with E-state index in [1.165, 1.54) is 0 Å². The van der Waals surface area contributed by atoms with E-state index in [1.807, 2.05) is 0 Å². The number of hydrogen-bond donors (Lipinski definition) is 2. The van der Waals surface area contributed by atoms with Crippen LogP contribution >= 0.6 is 0 Å².